The molecule has 1 saturated heterocycles. The first-order chi connectivity index (χ1) is 12.5. The smallest absolute Gasteiger partial charge is 0.287 e. The van der Waals surface area contributed by atoms with Crippen molar-refractivity contribution in [1.82, 2.24) is 4.98 Å². The van der Waals surface area contributed by atoms with Crippen molar-refractivity contribution in [2.75, 3.05) is 37.5 Å². The highest BCUT2D eigenvalue weighted by molar-refractivity contribution is 5.57. The quantitative estimate of drug-likeness (QED) is 0.627. The highest BCUT2D eigenvalue weighted by atomic mass is 16.6. The second kappa shape index (κ2) is 7.47. The molecule has 8 heteroatoms. The molecule has 1 aromatic heterocycles. The van der Waals surface area contributed by atoms with Crippen LogP contribution < -0.4 is 19.7 Å². The average molecular weight is 358 g/mol. The number of benzene rings is 1. The fourth-order valence-corrected chi connectivity index (χ4v) is 3.09. The van der Waals surface area contributed by atoms with E-state index >= 15 is 0 Å². The Balaban J connectivity index is 1.70. The summed E-state index contributed by atoms with van der Waals surface area (Å²) in [6.07, 6.45) is 2.23. The van der Waals surface area contributed by atoms with Gasteiger partial charge in [0, 0.05) is 49.1 Å². The first kappa shape index (κ1) is 17.8. The van der Waals surface area contributed by atoms with Gasteiger partial charge in [0.25, 0.3) is 5.69 Å². The fourth-order valence-electron chi connectivity index (χ4n) is 3.09. The number of hydrogen-bond acceptors (Lipinski definition) is 7. The number of hydrogen-bond donors (Lipinski definition) is 1. The summed E-state index contributed by atoms with van der Waals surface area (Å²) in [6, 6.07) is 7.56. The van der Waals surface area contributed by atoms with E-state index in [1.807, 2.05) is 25.1 Å². The van der Waals surface area contributed by atoms with Gasteiger partial charge in [-0.15, -0.1) is 0 Å². The molecule has 2 aromatic rings. The van der Waals surface area contributed by atoms with Crippen LogP contribution in [0.2, 0.25) is 0 Å². The summed E-state index contributed by atoms with van der Waals surface area (Å²) >= 11 is 0. The summed E-state index contributed by atoms with van der Waals surface area (Å²) in [5, 5.41) is 14.2. The number of aryl methyl sites for hydroxylation is 1. The van der Waals surface area contributed by atoms with Crippen LogP contribution in [0.25, 0.3) is 0 Å². The molecule has 0 aliphatic carbocycles. The van der Waals surface area contributed by atoms with Crippen LogP contribution in [0.15, 0.2) is 30.5 Å². The standard InChI is InChI=1S/C18H22N4O4/c1-12-6-15(22(23)24)10-19-18(12)20-13-4-5-21(11-13)14-7-16(25-2)9-17(8-14)26-3/h6-10,13H,4-5,11H2,1-3H3,(H,19,20). The van der Waals surface area contributed by atoms with Gasteiger partial charge in [-0.05, 0) is 18.9 Å². The molecule has 138 valence electrons. The molecule has 8 nitrogen and oxygen atoms in total. The topological polar surface area (TPSA) is 89.8 Å². The van der Waals surface area contributed by atoms with Gasteiger partial charge in [0.2, 0.25) is 0 Å². The molecule has 0 bridgehead atoms. The molecule has 0 saturated carbocycles. The molecular formula is C18H22N4O4. The minimum absolute atomic E-state index is 0.00424. The number of nitro groups is 1. The predicted molar refractivity (Wildman–Crippen MR) is 99.4 cm³/mol. The maximum absolute atomic E-state index is 10.8. The molecule has 26 heavy (non-hydrogen) atoms. The van der Waals surface area contributed by atoms with Crippen LogP contribution in [0, 0.1) is 17.0 Å². The molecule has 0 radical (unpaired) electrons. The third-order valence-corrected chi connectivity index (χ3v) is 4.51. The normalized spacial score (nSPS) is 16.4. The van der Waals surface area contributed by atoms with Crippen molar-refractivity contribution in [2.45, 2.75) is 19.4 Å². The number of rotatable bonds is 6. The lowest BCUT2D eigenvalue weighted by atomic mass is 10.2. The summed E-state index contributed by atoms with van der Waals surface area (Å²) in [5.74, 6) is 2.19. The Bertz CT molecular complexity index is 790. The van der Waals surface area contributed by atoms with Gasteiger partial charge < -0.3 is 19.7 Å². The molecule has 1 aromatic carbocycles. The zero-order valence-corrected chi connectivity index (χ0v) is 15.1. The fraction of sp³-hybridized carbons (Fsp3) is 0.389. The molecule has 0 amide bonds. The number of anilines is 2. The molecule has 1 aliphatic rings. The summed E-state index contributed by atoms with van der Waals surface area (Å²) in [5.41, 5.74) is 1.81. The van der Waals surface area contributed by atoms with E-state index in [-0.39, 0.29) is 11.7 Å². The number of nitrogens with one attached hydrogen (secondary N) is 1. The molecule has 1 unspecified atom stereocenters. The number of methoxy groups -OCH3 is 2. The van der Waals surface area contributed by atoms with Crippen molar-refractivity contribution in [1.29, 1.82) is 0 Å². The number of ether oxygens (including phenoxy) is 2. The second-order valence-electron chi connectivity index (χ2n) is 6.26. The molecule has 1 aliphatic heterocycles. The van der Waals surface area contributed by atoms with E-state index in [0.29, 0.717) is 5.82 Å². The Kier molecular flexibility index (Phi) is 5.11. The van der Waals surface area contributed by atoms with E-state index in [4.69, 9.17) is 9.47 Å². The maximum atomic E-state index is 10.8. The van der Waals surface area contributed by atoms with Crippen LogP contribution >= 0.6 is 0 Å². The summed E-state index contributed by atoms with van der Waals surface area (Å²) in [6.45, 7) is 3.51. The van der Waals surface area contributed by atoms with Gasteiger partial charge in [-0.1, -0.05) is 0 Å². The number of aromatic nitrogens is 1. The molecule has 1 atom stereocenters. The summed E-state index contributed by atoms with van der Waals surface area (Å²) in [4.78, 5) is 16.9. The SMILES string of the molecule is COc1cc(OC)cc(N2CCC(Nc3ncc([N+](=O)[O-])cc3C)C2)c1. The third kappa shape index (κ3) is 3.79. The van der Waals surface area contributed by atoms with Gasteiger partial charge in [-0.25, -0.2) is 4.98 Å². The van der Waals surface area contributed by atoms with Crippen LogP contribution in [-0.2, 0) is 0 Å². The van der Waals surface area contributed by atoms with Crippen molar-refractivity contribution >= 4 is 17.2 Å². The van der Waals surface area contributed by atoms with Crippen LogP contribution in [0.4, 0.5) is 17.2 Å². The summed E-state index contributed by atoms with van der Waals surface area (Å²) in [7, 11) is 3.27. The molecule has 1 fully saturated rings. The first-order valence-corrected chi connectivity index (χ1v) is 8.35. The van der Waals surface area contributed by atoms with Crippen LogP contribution in [0.3, 0.4) is 0 Å². The minimum Gasteiger partial charge on any atom is -0.497 e. The third-order valence-electron chi connectivity index (χ3n) is 4.51. The lowest BCUT2D eigenvalue weighted by Crippen LogP contribution is -2.26. The Morgan fingerprint density at radius 3 is 2.50 bits per heavy atom. The first-order valence-electron chi connectivity index (χ1n) is 8.35. The van der Waals surface area contributed by atoms with Crippen LogP contribution in [0.1, 0.15) is 12.0 Å². The lowest BCUT2D eigenvalue weighted by molar-refractivity contribution is -0.385. The van der Waals surface area contributed by atoms with Gasteiger partial charge in [-0.3, -0.25) is 10.1 Å². The molecule has 3 rings (SSSR count). The largest absolute Gasteiger partial charge is 0.497 e. The highest BCUT2D eigenvalue weighted by Crippen LogP contribution is 2.31. The van der Waals surface area contributed by atoms with Gasteiger partial charge in [-0.2, -0.15) is 0 Å². The zero-order valence-electron chi connectivity index (χ0n) is 15.1. The van der Waals surface area contributed by atoms with Gasteiger partial charge in [0.05, 0.1) is 19.1 Å². The number of nitrogens with zero attached hydrogens (tertiary/aromatic N) is 3. The second-order valence-corrected chi connectivity index (χ2v) is 6.26. The van der Waals surface area contributed by atoms with E-state index < -0.39 is 4.92 Å². The van der Waals surface area contributed by atoms with Gasteiger partial charge >= 0.3 is 0 Å². The van der Waals surface area contributed by atoms with Crippen molar-refractivity contribution in [3.8, 4) is 11.5 Å². The maximum Gasteiger partial charge on any atom is 0.287 e. The Morgan fingerprint density at radius 1 is 1.23 bits per heavy atom. The zero-order chi connectivity index (χ0) is 18.7. The predicted octanol–water partition coefficient (Wildman–Crippen LogP) is 3.01. The van der Waals surface area contributed by atoms with Crippen LogP contribution in [0.5, 0.6) is 11.5 Å². The Labute approximate surface area is 151 Å². The van der Waals surface area contributed by atoms with E-state index in [9.17, 15) is 10.1 Å². The van der Waals surface area contributed by atoms with E-state index in [1.165, 1.54) is 12.3 Å². The Morgan fingerprint density at radius 2 is 1.92 bits per heavy atom. The van der Waals surface area contributed by atoms with Crippen LogP contribution in [-0.4, -0.2) is 43.3 Å². The molecular weight excluding hydrogens is 336 g/mol. The number of pyridine rings is 1. The van der Waals surface area contributed by atoms with Crippen molar-refractivity contribution in [3.05, 3.63) is 46.1 Å². The average Bonchev–Trinajstić information content (AvgIpc) is 3.11. The van der Waals surface area contributed by atoms with Crippen molar-refractivity contribution in [2.24, 2.45) is 0 Å². The minimum atomic E-state index is -0.433. The lowest BCUT2D eigenvalue weighted by Gasteiger charge is -2.21. The highest BCUT2D eigenvalue weighted by Gasteiger charge is 2.24. The molecule has 1 N–H and O–H groups in total. The van der Waals surface area contributed by atoms with Gasteiger partial charge in [0.1, 0.15) is 23.5 Å². The monoisotopic (exact) mass is 358 g/mol. The summed E-state index contributed by atoms with van der Waals surface area (Å²) < 4.78 is 10.7. The van der Waals surface area contributed by atoms with E-state index in [0.717, 1.165) is 42.3 Å². The Hall–Kier alpha value is -3.03. The van der Waals surface area contributed by atoms with E-state index in [1.54, 1.807) is 14.2 Å². The van der Waals surface area contributed by atoms with Crippen molar-refractivity contribution < 1.29 is 14.4 Å². The van der Waals surface area contributed by atoms with E-state index in [2.05, 4.69) is 15.2 Å². The molecule has 2 heterocycles. The van der Waals surface area contributed by atoms with Gasteiger partial charge in [0.15, 0.2) is 0 Å². The van der Waals surface area contributed by atoms with Crippen molar-refractivity contribution in [3.63, 3.8) is 0 Å². The molecule has 0 spiro atoms.